The highest BCUT2D eigenvalue weighted by molar-refractivity contribution is 9.10. The van der Waals surface area contributed by atoms with E-state index in [4.69, 9.17) is 0 Å². The van der Waals surface area contributed by atoms with Gasteiger partial charge in [0.1, 0.15) is 11.3 Å². The van der Waals surface area contributed by atoms with Crippen molar-refractivity contribution in [2.24, 2.45) is 0 Å². The number of rotatable bonds is 1. The third-order valence-corrected chi connectivity index (χ3v) is 3.03. The number of ether oxygens (including phenoxy) is 1. The minimum absolute atomic E-state index is 0.0162. The molecule has 90 valence electrons. The van der Waals surface area contributed by atoms with Gasteiger partial charge in [-0.3, -0.25) is 0 Å². The Kier molecular flexibility index (Phi) is 6.11. The fourth-order valence-electron chi connectivity index (χ4n) is 1.13. The molecule has 0 atom stereocenters. The normalized spacial score (nSPS) is 9.12. The van der Waals surface area contributed by atoms with Gasteiger partial charge in [0, 0.05) is 4.47 Å². The minimum Gasteiger partial charge on any atom is -0.507 e. The highest BCUT2D eigenvalue weighted by Gasteiger charge is 2.16. The molecule has 1 aromatic rings. The Bertz CT molecular complexity index is 386. The van der Waals surface area contributed by atoms with Crippen molar-refractivity contribution in [1.82, 2.24) is 0 Å². The van der Waals surface area contributed by atoms with Crippen LogP contribution in [0.1, 0.15) is 35.3 Å². The van der Waals surface area contributed by atoms with Crippen LogP contribution in [0.25, 0.3) is 0 Å². The number of benzene rings is 1. The fourth-order valence-corrected chi connectivity index (χ4v) is 1.65. The largest absolute Gasteiger partial charge is 0.507 e. The van der Waals surface area contributed by atoms with E-state index < -0.39 is 5.97 Å². The van der Waals surface area contributed by atoms with Gasteiger partial charge < -0.3 is 9.84 Å². The molecule has 0 heterocycles. The summed E-state index contributed by atoms with van der Waals surface area (Å²) in [4.78, 5) is 11.2. The Labute approximate surface area is 105 Å². The quantitative estimate of drug-likeness (QED) is 0.804. The highest BCUT2D eigenvalue weighted by atomic mass is 79.9. The van der Waals surface area contributed by atoms with E-state index in [-0.39, 0.29) is 11.3 Å². The van der Waals surface area contributed by atoms with Crippen LogP contribution in [0.3, 0.4) is 0 Å². The maximum atomic E-state index is 11.2. The number of carbonyl (C=O) groups excluding carboxylic acids is 1. The summed E-state index contributed by atoms with van der Waals surface area (Å²) < 4.78 is 5.33. The molecule has 0 saturated carbocycles. The molecule has 1 aromatic carbocycles. The van der Waals surface area contributed by atoms with Gasteiger partial charge in [-0.05, 0) is 31.0 Å². The lowest BCUT2D eigenvalue weighted by Gasteiger charge is -2.09. The van der Waals surface area contributed by atoms with Crippen molar-refractivity contribution in [3.05, 3.63) is 27.2 Å². The van der Waals surface area contributed by atoms with E-state index in [1.54, 1.807) is 13.0 Å². The van der Waals surface area contributed by atoms with Gasteiger partial charge in [0.2, 0.25) is 0 Å². The van der Waals surface area contributed by atoms with Crippen molar-refractivity contribution in [3.63, 3.8) is 0 Å². The molecule has 4 heteroatoms. The van der Waals surface area contributed by atoms with E-state index in [1.165, 1.54) is 7.11 Å². The first-order valence-electron chi connectivity index (χ1n) is 5.06. The Morgan fingerprint density at radius 3 is 2.25 bits per heavy atom. The van der Waals surface area contributed by atoms with Crippen molar-refractivity contribution in [3.8, 4) is 5.75 Å². The zero-order valence-corrected chi connectivity index (χ0v) is 11.8. The van der Waals surface area contributed by atoms with Crippen molar-refractivity contribution >= 4 is 21.9 Å². The molecule has 1 rings (SSSR count). The van der Waals surface area contributed by atoms with Crippen LogP contribution in [0.15, 0.2) is 10.5 Å². The van der Waals surface area contributed by atoms with Crippen molar-refractivity contribution in [1.29, 1.82) is 0 Å². The lowest BCUT2D eigenvalue weighted by atomic mass is 10.0. The van der Waals surface area contributed by atoms with Crippen LogP contribution in [0, 0.1) is 13.8 Å². The topological polar surface area (TPSA) is 46.5 Å². The van der Waals surface area contributed by atoms with Crippen LogP contribution >= 0.6 is 15.9 Å². The molecular weight excluding hydrogens is 272 g/mol. The summed E-state index contributed by atoms with van der Waals surface area (Å²) in [6.45, 7) is 7.61. The Morgan fingerprint density at radius 1 is 1.31 bits per heavy atom. The van der Waals surface area contributed by atoms with Crippen LogP contribution in [-0.4, -0.2) is 18.2 Å². The number of carbonyl (C=O) groups is 1. The predicted molar refractivity (Wildman–Crippen MR) is 68.0 cm³/mol. The van der Waals surface area contributed by atoms with E-state index in [0.717, 1.165) is 10.0 Å². The van der Waals surface area contributed by atoms with E-state index in [9.17, 15) is 9.90 Å². The number of hydrogen-bond acceptors (Lipinski definition) is 3. The SMILES string of the molecule is CC.COC(=O)c1cc(Br)c(C)c(C)c1O. The molecule has 0 saturated heterocycles. The van der Waals surface area contributed by atoms with Gasteiger partial charge in [0.15, 0.2) is 0 Å². The lowest BCUT2D eigenvalue weighted by Crippen LogP contribution is -2.03. The van der Waals surface area contributed by atoms with E-state index in [2.05, 4.69) is 20.7 Å². The van der Waals surface area contributed by atoms with Gasteiger partial charge in [-0.25, -0.2) is 4.79 Å². The molecule has 0 spiro atoms. The summed E-state index contributed by atoms with van der Waals surface area (Å²) in [5, 5.41) is 9.68. The molecular formula is C12H17BrO3. The second-order valence-electron chi connectivity index (χ2n) is 3.00. The molecule has 0 aliphatic rings. The molecule has 0 radical (unpaired) electrons. The molecule has 0 aromatic heterocycles. The molecule has 0 unspecified atom stereocenters. The lowest BCUT2D eigenvalue weighted by molar-refractivity contribution is 0.0597. The van der Waals surface area contributed by atoms with Gasteiger partial charge in [-0.15, -0.1) is 0 Å². The van der Waals surface area contributed by atoms with E-state index >= 15 is 0 Å². The summed E-state index contributed by atoms with van der Waals surface area (Å²) in [6, 6.07) is 1.56. The number of halogens is 1. The summed E-state index contributed by atoms with van der Waals surface area (Å²) in [6.07, 6.45) is 0. The first kappa shape index (κ1) is 15.0. The zero-order chi connectivity index (χ0) is 12.9. The summed E-state index contributed by atoms with van der Waals surface area (Å²) in [7, 11) is 1.28. The van der Waals surface area contributed by atoms with Gasteiger partial charge in [-0.2, -0.15) is 0 Å². The van der Waals surface area contributed by atoms with E-state index in [0.29, 0.717) is 5.56 Å². The summed E-state index contributed by atoms with van der Waals surface area (Å²) in [5.41, 5.74) is 1.78. The number of phenolic OH excluding ortho intramolecular Hbond substituents is 1. The van der Waals surface area contributed by atoms with Crippen LogP contribution in [-0.2, 0) is 4.74 Å². The molecule has 0 bridgehead atoms. The maximum absolute atomic E-state index is 11.2. The van der Waals surface area contributed by atoms with Crippen molar-refractivity contribution < 1.29 is 14.6 Å². The van der Waals surface area contributed by atoms with Crippen molar-refractivity contribution in [2.45, 2.75) is 27.7 Å². The Morgan fingerprint density at radius 2 is 1.81 bits per heavy atom. The second-order valence-corrected chi connectivity index (χ2v) is 3.85. The number of hydrogen-bond donors (Lipinski definition) is 1. The van der Waals surface area contributed by atoms with Gasteiger partial charge in [0.05, 0.1) is 7.11 Å². The van der Waals surface area contributed by atoms with Crippen LogP contribution in [0.5, 0.6) is 5.75 Å². The molecule has 0 fully saturated rings. The van der Waals surface area contributed by atoms with Crippen LogP contribution < -0.4 is 0 Å². The van der Waals surface area contributed by atoms with Crippen LogP contribution in [0.4, 0.5) is 0 Å². The monoisotopic (exact) mass is 288 g/mol. The maximum Gasteiger partial charge on any atom is 0.341 e. The molecule has 0 aliphatic carbocycles. The standard InChI is InChI=1S/C10H11BrO3.C2H6/c1-5-6(2)9(12)7(4-8(5)11)10(13)14-3;1-2/h4,12H,1-3H3;1-2H3. The fraction of sp³-hybridized carbons (Fsp3) is 0.417. The molecule has 0 aliphatic heterocycles. The Hall–Kier alpha value is -1.03. The zero-order valence-electron chi connectivity index (χ0n) is 10.2. The third-order valence-electron chi connectivity index (χ3n) is 2.21. The van der Waals surface area contributed by atoms with Gasteiger partial charge in [0.25, 0.3) is 0 Å². The summed E-state index contributed by atoms with van der Waals surface area (Å²) in [5.74, 6) is -0.552. The van der Waals surface area contributed by atoms with Crippen LogP contribution in [0.2, 0.25) is 0 Å². The average Bonchev–Trinajstić information content (AvgIpc) is 2.32. The molecule has 1 N–H and O–H groups in total. The second kappa shape index (κ2) is 6.53. The summed E-state index contributed by atoms with van der Waals surface area (Å²) >= 11 is 3.31. The van der Waals surface area contributed by atoms with E-state index in [1.807, 2.05) is 20.8 Å². The molecule has 0 amide bonds. The third kappa shape index (κ3) is 2.98. The minimum atomic E-state index is -0.536. The smallest absolute Gasteiger partial charge is 0.341 e. The predicted octanol–water partition coefficient (Wildman–Crippen LogP) is 3.58. The molecule has 3 nitrogen and oxygen atoms in total. The first-order chi connectivity index (χ1) is 7.49. The van der Waals surface area contributed by atoms with Gasteiger partial charge in [-0.1, -0.05) is 29.8 Å². The number of aromatic hydroxyl groups is 1. The number of esters is 1. The number of methoxy groups -OCH3 is 1. The number of phenols is 1. The Balaban J connectivity index is 0.00000106. The molecule has 16 heavy (non-hydrogen) atoms. The van der Waals surface area contributed by atoms with Gasteiger partial charge >= 0.3 is 5.97 Å². The highest BCUT2D eigenvalue weighted by Crippen LogP contribution is 2.31. The first-order valence-corrected chi connectivity index (χ1v) is 5.85. The average molecular weight is 289 g/mol. The van der Waals surface area contributed by atoms with Crippen molar-refractivity contribution in [2.75, 3.05) is 7.11 Å².